The lowest BCUT2D eigenvalue weighted by molar-refractivity contribution is -0.118. The zero-order valence-electron chi connectivity index (χ0n) is 13.1. The van der Waals surface area contributed by atoms with Crippen LogP contribution in [0.3, 0.4) is 0 Å². The minimum absolute atomic E-state index is 0.0890. The Morgan fingerprint density at radius 3 is 2.42 bits per heavy atom. The number of nitrogens with one attached hydrogen (secondary N) is 1. The summed E-state index contributed by atoms with van der Waals surface area (Å²) in [7, 11) is 0. The van der Waals surface area contributed by atoms with Crippen LogP contribution in [0.15, 0.2) is 48.5 Å². The Morgan fingerprint density at radius 1 is 0.917 bits per heavy atom. The van der Waals surface area contributed by atoms with Crippen molar-refractivity contribution < 1.29 is 4.79 Å². The molecule has 0 aromatic heterocycles. The van der Waals surface area contributed by atoms with E-state index in [4.69, 9.17) is 23.2 Å². The largest absolute Gasteiger partial charge is 0.355 e. The molecule has 0 atom stereocenters. The van der Waals surface area contributed by atoms with Crippen molar-refractivity contribution in [1.82, 2.24) is 5.32 Å². The van der Waals surface area contributed by atoms with Gasteiger partial charge in [0, 0.05) is 23.8 Å². The van der Waals surface area contributed by atoms with Gasteiger partial charge < -0.3 is 5.32 Å². The second-order valence-electron chi connectivity index (χ2n) is 5.13. The number of halogens is 2. The molecule has 0 saturated carbocycles. The number of hydrogen-bond donors (Lipinski definition) is 1. The summed E-state index contributed by atoms with van der Waals surface area (Å²) in [6, 6.07) is 15.8. The monoisotopic (exact) mass is 399 g/mol. The fraction of sp³-hybridized carbons (Fsp3) is 0.278. The van der Waals surface area contributed by atoms with Gasteiger partial charge in [0.05, 0.1) is 15.8 Å². The third-order valence-corrected chi connectivity index (χ3v) is 5.94. The predicted octanol–water partition coefficient (Wildman–Crippen LogP) is 5.28. The zero-order valence-corrected chi connectivity index (χ0v) is 16.3. The van der Waals surface area contributed by atoms with Gasteiger partial charge in [-0.2, -0.15) is 11.8 Å². The van der Waals surface area contributed by atoms with E-state index >= 15 is 0 Å². The van der Waals surface area contributed by atoms with Crippen molar-refractivity contribution in [3.05, 3.63) is 69.7 Å². The molecule has 128 valence electrons. The number of rotatable bonds is 9. The predicted molar refractivity (Wildman–Crippen MR) is 108 cm³/mol. The molecular formula is C18H19Cl2NOS2. The molecule has 0 bridgehead atoms. The van der Waals surface area contributed by atoms with E-state index in [0.717, 1.165) is 22.8 Å². The summed E-state index contributed by atoms with van der Waals surface area (Å²) in [5, 5.41) is 4.10. The van der Waals surface area contributed by atoms with Crippen molar-refractivity contribution in [2.24, 2.45) is 0 Å². The first-order valence-electron chi connectivity index (χ1n) is 7.55. The van der Waals surface area contributed by atoms with E-state index in [1.54, 1.807) is 23.5 Å². The summed E-state index contributed by atoms with van der Waals surface area (Å²) < 4.78 is 0. The van der Waals surface area contributed by atoms with Gasteiger partial charge in [0.15, 0.2) is 0 Å². The Labute approximate surface area is 161 Å². The molecule has 0 heterocycles. The van der Waals surface area contributed by atoms with Crippen molar-refractivity contribution >= 4 is 52.6 Å². The highest BCUT2D eigenvalue weighted by Crippen LogP contribution is 2.24. The summed E-state index contributed by atoms with van der Waals surface area (Å²) in [6.45, 7) is 0.677. The van der Waals surface area contributed by atoms with Crippen molar-refractivity contribution in [3.63, 3.8) is 0 Å². The highest BCUT2D eigenvalue weighted by atomic mass is 35.5. The van der Waals surface area contributed by atoms with Crippen LogP contribution in [-0.2, 0) is 16.3 Å². The van der Waals surface area contributed by atoms with Crippen LogP contribution in [0.1, 0.15) is 11.1 Å². The highest BCUT2D eigenvalue weighted by molar-refractivity contribution is 7.99. The lowest BCUT2D eigenvalue weighted by Gasteiger charge is -2.06. The Kier molecular flexibility index (Phi) is 8.89. The third-order valence-electron chi connectivity index (χ3n) is 3.17. The standard InChI is InChI=1S/C18H19Cl2NOS2/c19-16-7-6-15(10-17(16)20)12-23-9-8-21-18(22)13-24-11-14-4-2-1-3-5-14/h1-7,10H,8-9,11-13H2,(H,21,22). The van der Waals surface area contributed by atoms with E-state index < -0.39 is 0 Å². The second kappa shape index (κ2) is 10.9. The number of benzene rings is 2. The first-order valence-corrected chi connectivity index (χ1v) is 10.6. The molecule has 0 aliphatic rings. The number of thioether (sulfide) groups is 2. The number of carbonyl (C=O) groups is 1. The molecular weight excluding hydrogens is 381 g/mol. The normalized spacial score (nSPS) is 10.6. The van der Waals surface area contributed by atoms with E-state index in [1.165, 1.54) is 5.56 Å². The van der Waals surface area contributed by atoms with E-state index in [-0.39, 0.29) is 5.91 Å². The molecule has 0 unspecified atom stereocenters. The van der Waals surface area contributed by atoms with E-state index in [1.807, 2.05) is 36.4 Å². The van der Waals surface area contributed by atoms with Gasteiger partial charge in [0.25, 0.3) is 0 Å². The van der Waals surface area contributed by atoms with Crippen LogP contribution in [0, 0.1) is 0 Å². The zero-order chi connectivity index (χ0) is 17.2. The van der Waals surface area contributed by atoms with Gasteiger partial charge in [0.2, 0.25) is 5.91 Å². The molecule has 2 rings (SSSR count). The fourth-order valence-corrected chi connectivity index (χ4v) is 3.91. The molecule has 0 fully saturated rings. The number of carbonyl (C=O) groups excluding carboxylic acids is 1. The van der Waals surface area contributed by atoms with Crippen LogP contribution in [0.25, 0.3) is 0 Å². The Bertz CT molecular complexity index is 653. The van der Waals surface area contributed by atoms with Gasteiger partial charge in [-0.15, -0.1) is 11.8 Å². The lowest BCUT2D eigenvalue weighted by Crippen LogP contribution is -2.27. The van der Waals surface area contributed by atoms with Gasteiger partial charge >= 0.3 is 0 Å². The quantitative estimate of drug-likeness (QED) is 0.581. The van der Waals surface area contributed by atoms with Gasteiger partial charge in [-0.25, -0.2) is 0 Å². The second-order valence-corrected chi connectivity index (χ2v) is 8.03. The smallest absolute Gasteiger partial charge is 0.230 e. The summed E-state index contributed by atoms with van der Waals surface area (Å²) in [6.07, 6.45) is 0. The van der Waals surface area contributed by atoms with Crippen LogP contribution >= 0.6 is 46.7 Å². The van der Waals surface area contributed by atoms with Gasteiger partial charge in [0.1, 0.15) is 0 Å². The average Bonchev–Trinajstić information content (AvgIpc) is 2.58. The topological polar surface area (TPSA) is 29.1 Å². The number of hydrogen-bond acceptors (Lipinski definition) is 3. The molecule has 0 aliphatic heterocycles. The molecule has 2 aromatic rings. The number of amides is 1. The van der Waals surface area contributed by atoms with Crippen molar-refractivity contribution in [2.45, 2.75) is 11.5 Å². The maximum atomic E-state index is 11.8. The first-order chi connectivity index (χ1) is 11.6. The first kappa shape index (κ1) is 19.5. The molecule has 2 aromatic carbocycles. The molecule has 0 radical (unpaired) electrons. The minimum atomic E-state index is 0.0890. The summed E-state index contributed by atoms with van der Waals surface area (Å²) in [5.41, 5.74) is 2.38. The van der Waals surface area contributed by atoms with Crippen molar-refractivity contribution in [3.8, 4) is 0 Å². The lowest BCUT2D eigenvalue weighted by atomic mass is 10.2. The highest BCUT2D eigenvalue weighted by Gasteiger charge is 2.03. The Morgan fingerprint density at radius 2 is 1.67 bits per heavy atom. The molecule has 1 N–H and O–H groups in total. The Balaban J connectivity index is 1.53. The maximum absolute atomic E-state index is 11.8. The third kappa shape index (κ3) is 7.39. The summed E-state index contributed by atoms with van der Waals surface area (Å²) in [5.74, 6) is 3.17. The van der Waals surface area contributed by atoms with Crippen LogP contribution in [0.5, 0.6) is 0 Å². The molecule has 0 aliphatic carbocycles. The molecule has 1 amide bonds. The van der Waals surface area contributed by atoms with Gasteiger partial charge in [-0.1, -0.05) is 59.6 Å². The molecule has 6 heteroatoms. The molecule has 0 spiro atoms. The van der Waals surface area contributed by atoms with Gasteiger partial charge in [-0.05, 0) is 23.3 Å². The van der Waals surface area contributed by atoms with Crippen LogP contribution in [0.4, 0.5) is 0 Å². The van der Waals surface area contributed by atoms with E-state index in [0.29, 0.717) is 22.3 Å². The van der Waals surface area contributed by atoms with Crippen LogP contribution < -0.4 is 5.32 Å². The maximum Gasteiger partial charge on any atom is 0.230 e. The van der Waals surface area contributed by atoms with Crippen LogP contribution in [0.2, 0.25) is 10.0 Å². The molecule has 24 heavy (non-hydrogen) atoms. The Hall–Kier alpha value is -0.810. The van der Waals surface area contributed by atoms with E-state index in [9.17, 15) is 4.79 Å². The summed E-state index contributed by atoms with van der Waals surface area (Å²) in [4.78, 5) is 11.8. The summed E-state index contributed by atoms with van der Waals surface area (Å²) >= 11 is 15.3. The molecule has 2 nitrogen and oxygen atoms in total. The fourth-order valence-electron chi connectivity index (χ4n) is 1.97. The van der Waals surface area contributed by atoms with Crippen molar-refractivity contribution in [2.75, 3.05) is 18.1 Å². The van der Waals surface area contributed by atoms with E-state index in [2.05, 4.69) is 17.4 Å². The van der Waals surface area contributed by atoms with Gasteiger partial charge in [-0.3, -0.25) is 4.79 Å². The van der Waals surface area contributed by atoms with Crippen molar-refractivity contribution in [1.29, 1.82) is 0 Å². The molecule has 0 saturated heterocycles. The average molecular weight is 400 g/mol. The SMILES string of the molecule is O=C(CSCc1ccccc1)NCCSCc1ccc(Cl)c(Cl)c1. The van der Waals surface area contributed by atoms with Crippen LogP contribution in [-0.4, -0.2) is 24.0 Å². The minimum Gasteiger partial charge on any atom is -0.355 e.